The van der Waals surface area contributed by atoms with Gasteiger partial charge in [-0.25, -0.2) is 0 Å². The molecule has 4 heteroatoms. The van der Waals surface area contributed by atoms with Gasteiger partial charge in [0.15, 0.2) is 5.82 Å². The first-order chi connectivity index (χ1) is 8.12. The summed E-state index contributed by atoms with van der Waals surface area (Å²) in [7, 11) is 0. The van der Waals surface area contributed by atoms with Gasteiger partial charge >= 0.3 is 0 Å². The number of hydrogen-bond acceptors (Lipinski definition) is 3. The van der Waals surface area contributed by atoms with Crippen molar-refractivity contribution >= 4 is 16.7 Å². The van der Waals surface area contributed by atoms with Gasteiger partial charge in [0, 0.05) is 17.1 Å². The van der Waals surface area contributed by atoms with Crippen LogP contribution in [0, 0.1) is 0 Å². The van der Waals surface area contributed by atoms with E-state index in [0.29, 0.717) is 5.82 Å². The summed E-state index contributed by atoms with van der Waals surface area (Å²) >= 11 is 0. The third-order valence-electron chi connectivity index (χ3n) is 3.18. The Kier molecular flexibility index (Phi) is 2.65. The molecule has 0 saturated carbocycles. The molecule has 2 N–H and O–H groups in total. The Balaban J connectivity index is 2.89. The first-order valence-electron chi connectivity index (χ1n) is 6.25. The van der Waals surface area contributed by atoms with E-state index in [4.69, 9.17) is 5.73 Å². The van der Waals surface area contributed by atoms with Gasteiger partial charge in [0.05, 0.1) is 11.7 Å². The quantitative estimate of drug-likeness (QED) is 0.777. The van der Waals surface area contributed by atoms with Crippen molar-refractivity contribution in [1.29, 1.82) is 0 Å². The summed E-state index contributed by atoms with van der Waals surface area (Å²) in [6, 6.07) is 0. The lowest BCUT2D eigenvalue weighted by atomic mass is 9.87. The molecule has 0 atom stereocenters. The average molecular weight is 246 g/mol. The number of nitrogen functional groups attached to an aromatic ring is 1. The summed E-state index contributed by atoms with van der Waals surface area (Å²) < 4.78 is 2.23. The molecule has 0 unspecified atom stereocenters. The van der Waals surface area contributed by atoms with Crippen molar-refractivity contribution in [3.8, 4) is 0 Å². The second-order valence-electron chi connectivity index (χ2n) is 6.82. The van der Waals surface area contributed by atoms with Crippen molar-refractivity contribution in [3.63, 3.8) is 0 Å². The SMILES string of the molecule is CC(C)(C)c1cn(C(C)(C)C)c2cnnc(N)c12. The highest BCUT2D eigenvalue weighted by Crippen LogP contribution is 2.36. The summed E-state index contributed by atoms with van der Waals surface area (Å²) in [4.78, 5) is 0. The van der Waals surface area contributed by atoms with Crippen LogP contribution in [0.25, 0.3) is 10.9 Å². The molecule has 0 aliphatic carbocycles. The van der Waals surface area contributed by atoms with E-state index in [9.17, 15) is 0 Å². The van der Waals surface area contributed by atoms with Gasteiger partial charge in [-0.05, 0) is 31.7 Å². The lowest BCUT2D eigenvalue weighted by Crippen LogP contribution is -2.21. The van der Waals surface area contributed by atoms with Crippen LogP contribution in [0.5, 0.6) is 0 Å². The normalized spacial score (nSPS) is 13.2. The Bertz CT molecular complexity index is 582. The van der Waals surface area contributed by atoms with Crippen LogP contribution < -0.4 is 5.73 Å². The molecule has 18 heavy (non-hydrogen) atoms. The van der Waals surface area contributed by atoms with E-state index in [2.05, 4.69) is 62.5 Å². The van der Waals surface area contributed by atoms with Gasteiger partial charge in [0.1, 0.15) is 0 Å². The van der Waals surface area contributed by atoms with Gasteiger partial charge in [-0.2, -0.15) is 5.10 Å². The van der Waals surface area contributed by atoms with Crippen LogP contribution in [0.4, 0.5) is 5.82 Å². The first kappa shape index (κ1) is 12.9. The second kappa shape index (κ2) is 3.70. The highest BCUT2D eigenvalue weighted by molar-refractivity contribution is 5.92. The molecule has 0 aliphatic rings. The maximum Gasteiger partial charge on any atom is 0.155 e. The van der Waals surface area contributed by atoms with Crippen molar-refractivity contribution in [2.24, 2.45) is 0 Å². The first-order valence-corrected chi connectivity index (χ1v) is 6.25. The van der Waals surface area contributed by atoms with Crippen molar-refractivity contribution in [2.45, 2.75) is 52.5 Å². The minimum Gasteiger partial charge on any atom is -0.382 e. The zero-order valence-corrected chi connectivity index (χ0v) is 12.1. The highest BCUT2D eigenvalue weighted by atomic mass is 15.2. The molecule has 0 bridgehead atoms. The van der Waals surface area contributed by atoms with E-state index in [1.54, 1.807) is 6.20 Å². The topological polar surface area (TPSA) is 56.7 Å². The van der Waals surface area contributed by atoms with Gasteiger partial charge in [-0.1, -0.05) is 20.8 Å². The smallest absolute Gasteiger partial charge is 0.155 e. The van der Waals surface area contributed by atoms with Gasteiger partial charge in [0.2, 0.25) is 0 Å². The fraction of sp³-hybridized carbons (Fsp3) is 0.571. The maximum absolute atomic E-state index is 6.02. The van der Waals surface area contributed by atoms with E-state index < -0.39 is 0 Å². The van der Waals surface area contributed by atoms with Crippen LogP contribution >= 0.6 is 0 Å². The Hall–Kier alpha value is -1.58. The Morgan fingerprint density at radius 1 is 1.11 bits per heavy atom. The lowest BCUT2D eigenvalue weighted by Gasteiger charge is -2.23. The molecule has 2 aromatic rings. The molecular weight excluding hydrogens is 224 g/mol. The molecule has 0 aliphatic heterocycles. The minimum absolute atomic E-state index is 0.00275. The number of rotatable bonds is 0. The van der Waals surface area contributed by atoms with Crippen LogP contribution in [0.15, 0.2) is 12.4 Å². The molecule has 2 aromatic heterocycles. The predicted molar refractivity (Wildman–Crippen MR) is 75.6 cm³/mol. The summed E-state index contributed by atoms with van der Waals surface area (Å²) in [6.07, 6.45) is 3.98. The number of nitrogens with zero attached hydrogens (tertiary/aromatic N) is 3. The van der Waals surface area contributed by atoms with E-state index in [1.165, 1.54) is 5.56 Å². The highest BCUT2D eigenvalue weighted by Gasteiger charge is 2.26. The Morgan fingerprint density at radius 3 is 2.22 bits per heavy atom. The van der Waals surface area contributed by atoms with Crippen molar-refractivity contribution in [2.75, 3.05) is 5.73 Å². The molecule has 98 valence electrons. The fourth-order valence-corrected chi connectivity index (χ4v) is 2.24. The molecule has 0 spiro atoms. The van der Waals surface area contributed by atoms with Crippen LogP contribution in [-0.2, 0) is 11.0 Å². The summed E-state index contributed by atoms with van der Waals surface area (Å²) in [6.45, 7) is 13.1. The van der Waals surface area contributed by atoms with Crippen molar-refractivity contribution in [3.05, 3.63) is 18.0 Å². The zero-order valence-electron chi connectivity index (χ0n) is 12.1. The van der Waals surface area contributed by atoms with Crippen LogP contribution in [0.3, 0.4) is 0 Å². The molecule has 0 saturated heterocycles. The standard InChI is InChI=1S/C14H22N4/c1-13(2,3)9-8-18(14(4,5)6)10-7-16-17-12(15)11(9)10/h7-8H,1-6H3,(H2,15,17). The third kappa shape index (κ3) is 1.96. The summed E-state index contributed by atoms with van der Waals surface area (Å²) in [5.41, 5.74) is 8.33. The van der Waals surface area contributed by atoms with Crippen LogP contribution in [0.2, 0.25) is 0 Å². The zero-order chi connectivity index (χ0) is 13.7. The molecule has 0 amide bonds. The number of fused-ring (bicyclic) bond motifs is 1. The summed E-state index contributed by atoms with van der Waals surface area (Å²) in [5.74, 6) is 0.514. The van der Waals surface area contributed by atoms with Gasteiger partial charge in [-0.3, -0.25) is 0 Å². The maximum atomic E-state index is 6.02. The van der Waals surface area contributed by atoms with Gasteiger partial charge in [-0.15, -0.1) is 5.10 Å². The fourth-order valence-electron chi connectivity index (χ4n) is 2.24. The van der Waals surface area contributed by atoms with Crippen molar-refractivity contribution < 1.29 is 0 Å². The van der Waals surface area contributed by atoms with Crippen molar-refractivity contribution in [1.82, 2.24) is 14.8 Å². The second-order valence-corrected chi connectivity index (χ2v) is 6.82. The number of aromatic nitrogens is 3. The predicted octanol–water partition coefficient (Wildman–Crippen LogP) is 3.07. The Labute approximate surface area is 108 Å². The van der Waals surface area contributed by atoms with Crippen LogP contribution in [0.1, 0.15) is 47.1 Å². The molecule has 4 nitrogen and oxygen atoms in total. The largest absolute Gasteiger partial charge is 0.382 e. The minimum atomic E-state index is -0.00275. The molecule has 0 aromatic carbocycles. The van der Waals surface area contributed by atoms with Crippen LogP contribution in [-0.4, -0.2) is 14.8 Å². The monoisotopic (exact) mass is 246 g/mol. The third-order valence-corrected chi connectivity index (χ3v) is 3.18. The van der Waals surface area contributed by atoms with Gasteiger partial charge < -0.3 is 10.3 Å². The molecule has 2 rings (SSSR count). The lowest BCUT2D eigenvalue weighted by molar-refractivity contribution is 0.408. The Morgan fingerprint density at radius 2 is 1.72 bits per heavy atom. The van der Waals surface area contributed by atoms with Gasteiger partial charge in [0.25, 0.3) is 0 Å². The van der Waals surface area contributed by atoms with E-state index >= 15 is 0 Å². The molecule has 0 fully saturated rings. The van der Waals surface area contributed by atoms with E-state index in [-0.39, 0.29) is 11.0 Å². The average Bonchev–Trinajstić information content (AvgIpc) is 2.56. The summed E-state index contributed by atoms with van der Waals surface area (Å²) in [5, 5.41) is 9.01. The molecule has 0 radical (unpaired) electrons. The van der Waals surface area contributed by atoms with E-state index in [1.807, 2.05) is 0 Å². The van der Waals surface area contributed by atoms with E-state index in [0.717, 1.165) is 10.9 Å². The molecular formula is C14H22N4. The number of anilines is 1. The number of nitrogens with two attached hydrogens (primary N) is 1. The molecule has 2 heterocycles. The number of hydrogen-bond donors (Lipinski definition) is 1.